The number of nitrogens with zero attached hydrogens (tertiary/aromatic N) is 3. The Morgan fingerprint density at radius 1 is 0.420 bits per heavy atom. The molecule has 10 rings (SSSR count). The summed E-state index contributed by atoms with van der Waals surface area (Å²) in [6.45, 7) is 0. The minimum absolute atomic E-state index is 0.721. The lowest BCUT2D eigenvalue weighted by Gasteiger charge is -2.11. The summed E-state index contributed by atoms with van der Waals surface area (Å²) >= 11 is 1.77. The molecule has 0 saturated heterocycles. The molecule has 50 heavy (non-hydrogen) atoms. The van der Waals surface area contributed by atoms with Gasteiger partial charge < -0.3 is 4.57 Å². The van der Waals surface area contributed by atoms with E-state index in [1.165, 1.54) is 54.1 Å². The zero-order valence-corrected chi connectivity index (χ0v) is 27.8. The topological polar surface area (TPSA) is 30.7 Å². The Hall–Kier alpha value is -6.36. The number of rotatable bonds is 5. The second-order valence-electron chi connectivity index (χ2n) is 12.6. The molecule has 234 valence electrons. The lowest BCUT2D eigenvalue weighted by atomic mass is 9.97. The number of hydrogen-bond donors (Lipinski definition) is 0. The van der Waals surface area contributed by atoms with Crippen molar-refractivity contribution in [1.29, 1.82) is 0 Å². The van der Waals surface area contributed by atoms with Crippen LogP contribution in [-0.2, 0) is 0 Å². The van der Waals surface area contributed by atoms with E-state index in [1.54, 1.807) is 11.3 Å². The lowest BCUT2D eigenvalue weighted by molar-refractivity contribution is 1.17. The molecule has 0 spiro atoms. The van der Waals surface area contributed by atoms with E-state index in [4.69, 9.17) is 9.97 Å². The standard InChI is InChI=1S/C46H29N3S/c1-3-12-30(13-4-1)31-22-24-32(25-23-31)36-18-11-21-41-42(36)44-45(50-41)43(33-14-5-2-6-15-33)47-46(48-44)34-26-28-35(29-27-34)49-39-19-9-7-16-37(39)38-17-8-10-20-40(38)49/h1-29H. The van der Waals surface area contributed by atoms with Crippen LogP contribution in [0.4, 0.5) is 0 Å². The highest BCUT2D eigenvalue weighted by molar-refractivity contribution is 7.26. The van der Waals surface area contributed by atoms with E-state index in [2.05, 4.69) is 180 Å². The van der Waals surface area contributed by atoms with Gasteiger partial charge in [0, 0.05) is 37.7 Å². The molecule has 0 amide bonds. The fraction of sp³-hybridized carbons (Fsp3) is 0. The summed E-state index contributed by atoms with van der Waals surface area (Å²) in [6, 6.07) is 62.4. The molecular weight excluding hydrogens is 627 g/mol. The minimum atomic E-state index is 0.721. The first-order valence-electron chi connectivity index (χ1n) is 16.8. The van der Waals surface area contributed by atoms with Crippen LogP contribution in [0, 0.1) is 0 Å². The van der Waals surface area contributed by atoms with Gasteiger partial charge in [0.2, 0.25) is 0 Å². The molecule has 4 heteroatoms. The lowest BCUT2D eigenvalue weighted by Crippen LogP contribution is -1.96. The van der Waals surface area contributed by atoms with Gasteiger partial charge in [-0.25, -0.2) is 9.97 Å². The highest BCUT2D eigenvalue weighted by Crippen LogP contribution is 2.43. The summed E-state index contributed by atoms with van der Waals surface area (Å²) in [7, 11) is 0. The van der Waals surface area contributed by atoms with Crippen LogP contribution in [0.5, 0.6) is 0 Å². The average Bonchev–Trinajstić information content (AvgIpc) is 3.74. The first-order valence-corrected chi connectivity index (χ1v) is 17.7. The van der Waals surface area contributed by atoms with Crippen molar-refractivity contribution in [2.24, 2.45) is 0 Å². The molecule has 0 aliphatic rings. The van der Waals surface area contributed by atoms with Crippen LogP contribution in [0.25, 0.3) is 92.7 Å². The van der Waals surface area contributed by atoms with Gasteiger partial charge in [-0.05, 0) is 64.7 Å². The van der Waals surface area contributed by atoms with Crippen molar-refractivity contribution < 1.29 is 0 Å². The van der Waals surface area contributed by atoms with E-state index < -0.39 is 0 Å². The SMILES string of the molecule is c1ccc(-c2ccc(-c3cccc4sc5c(-c6ccccc6)nc(-c6ccc(-n7c8ccccc8c8ccccc87)cc6)nc5c34)cc2)cc1. The molecule has 0 saturated carbocycles. The first kappa shape index (κ1) is 28.6. The molecule has 7 aromatic carbocycles. The van der Waals surface area contributed by atoms with Gasteiger partial charge in [0.05, 0.1) is 26.9 Å². The van der Waals surface area contributed by atoms with Crippen molar-refractivity contribution in [3.63, 3.8) is 0 Å². The number of para-hydroxylation sites is 2. The molecular formula is C46H29N3S. The van der Waals surface area contributed by atoms with Crippen LogP contribution in [0.15, 0.2) is 176 Å². The van der Waals surface area contributed by atoms with E-state index in [0.717, 1.165) is 38.5 Å². The number of thiophene rings is 1. The normalized spacial score (nSPS) is 11.6. The Balaban J connectivity index is 1.14. The van der Waals surface area contributed by atoms with Crippen LogP contribution in [0.3, 0.4) is 0 Å². The van der Waals surface area contributed by atoms with Crippen LogP contribution in [0.1, 0.15) is 0 Å². The van der Waals surface area contributed by atoms with Crippen molar-refractivity contribution in [2.75, 3.05) is 0 Å². The van der Waals surface area contributed by atoms with E-state index in [9.17, 15) is 0 Å². The van der Waals surface area contributed by atoms with Crippen LogP contribution in [0.2, 0.25) is 0 Å². The summed E-state index contributed by atoms with van der Waals surface area (Å²) < 4.78 is 4.65. The highest BCUT2D eigenvalue weighted by Gasteiger charge is 2.19. The van der Waals surface area contributed by atoms with E-state index >= 15 is 0 Å². The third kappa shape index (κ3) is 4.65. The van der Waals surface area contributed by atoms with Crippen LogP contribution in [-0.4, -0.2) is 14.5 Å². The summed E-state index contributed by atoms with van der Waals surface area (Å²) in [4.78, 5) is 10.6. The highest BCUT2D eigenvalue weighted by atomic mass is 32.1. The largest absolute Gasteiger partial charge is 0.309 e. The Morgan fingerprint density at radius 2 is 0.980 bits per heavy atom. The second-order valence-corrected chi connectivity index (χ2v) is 13.6. The molecule has 0 atom stereocenters. The molecule has 0 aliphatic heterocycles. The Morgan fingerprint density at radius 3 is 1.66 bits per heavy atom. The minimum Gasteiger partial charge on any atom is -0.309 e. The van der Waals surface area contributed by atoms with Gasteiger partial charge in [0.25, 0.3) is 0 Å². The molecule has 0 bridgehead atoms. The molecule has 0 unspecified atom stereocenters. The summed E-state index contributed by atoms with van der Waals surface area (Å²) in [6.07, 6.45) is 0. The number of hydrogen-bond acceptors (Lipinski definition) is 3. The molecule has 0 aliphatic carbocycles. The molecule has 0 fully saturated rings. The first-order chi connectivity index (χ1) is 24.8. The van der Waals surface area contributed by atoms with E-state index in [1.807, 2.05) is 0 Å². The van der Waals surface area contributed by atoms with Gasteiger partial charge in [-0.1, -0.05) is 133 Å². The number of aromatic nitrogens is 3. The monoisotopic (exact) mass is 655 g/mol. The third-order valence-corrected chi connectivity index (χ3v) is 10.8. The van der Waals surface area contributed by atoms with Gasteiger partial charge in [-0.15, -0.1) is 11.3 Å². The smallest absolute Gasteiger partial charge is 0.160 e. The summed E-state index contributed by atoms with van der Waals surface area (Å²) in [5.41, 5.74) is 12.3. The summed E-state index contributed by atoms with van der Waals surface area (Å²) in [5, 5.41) is 3.68. The number of benzene rings is 7. The van der Waals surface area contributed by atoms with Crippen LogP contribution < -0.4 is 0 Å². The zero-order chi connectivity index (χ0) is 33.0. The van der Waals surface area contributed by atoms with E-state index in [-0.39, 0.29) is 0 Å². The van der Waals surface area contributed by atoms with Gasteiger partial charge in [-0.2, -0.15) is 0 Å². The predicted octanol–water partition coefficient (Wildman–Crippen LogP) is 12.6. The van der Waals surface area contributed by atoms with Gasteiger partial charge in [0.15, 0.2) is 5.82 Å². The van der Waals surface area contributed by atoms with Crippen LogP contribution >= 0.6 is 11.3 Å². The Kier molecular flexibility index (Phi) is 6.68. The van der Waals surface area contributed by atoms with Crippen molar-refractivity contribution in [2.45, 2.75) is 0 Å². The second kappa shape index (κ2) is 11.7. The average molecular weight is 656 g/mol. The van der Waals surface area contributed by atoms with Crippen molar-refractivity contribution >= 4 is 53.4 Å². The molecule has 10 aromatic rings. The third-order valence-electron chi connectivity index (χ3n) is 9.65. The van der Waals surface area contributed by atoms with Gasteiger partial charge >= 0.3 is 0 Å². The van der Waals surface area contributed by atoms with Gasteiger partial charge in [-0.3, -0.25) is 0 Å². The van der Waals surface area contributed by atoms with Crippen molar-refractivity contribution in [1.82, 2.24) is 14.5 Å². The molecule has 3 aromatic heterocycles. The Bertz CT molecular complexity index is 2780. The fourth-order valence-corrected chi connectivity index (χ4v) is 8.46. The zero-order valence-electron chi connectivity index (χ0n) is 27.0. The number of fused-ring (bicyclic) bond motifs is 6. The summed E-state index contributed by atoms with van der Waals surface area (Å²) in [5.74, 6) is 0.721. The fourth-order valence-electron chi connectivity index (χ4n) is 7.28. The molecule has 0 N–H and O–H groups in total. The van der Waals surface area contributed by atoms with Crippen molar-refractivity contribution in [3.05, 3.63) is 176 Å². The maximum atomic E-state index is 5.36. The maximum Gasteiger partial charge on any atom is 0.160 e. The van der Waals surface area contributed by atoms with Gasteiger partial charge in [0.1, 0.15) is 0 Å². The van der Waals surface area contributed by atoms with E-state index in [0.29, 0.717) is 0 Å². The Labute approximate surface area is 293 Å². The predicted molar refractivity (Wildman–Crippen MR) is 211 cm³/mol. The molecule has 0 radical (unpaired) electrons. The molecule has 3 nitrogen and oxygen atoms in total. The quantitative estimate of drug-likeness (QED) is 0.185. The van der Waals surface area contributed by atoms with Crippen molar-refractivity contribution in [3.8, 4) is 50.6 Å². The molecule has 3 heterocycles. The maximum absolute atomic E-state index is 5.36.